The molecule has 0 aliphatic carbocycles. The van der Waals surface area contributed by atoms with Gasteiger partial charge in [0.25, 0.3) is 0 Å². The van der Waals surface area contributed by atoms with Crippen LogP contribution in [0.15, 0.2) is 48.5 Å². The summed E-state index contributed by atoms with van der Waals surface area (Å²) in [6, 6.07) is 15.8. The van der Waals surface area contributed by atoms with Crippen LogP contribution < -0.4 is 16.4 Å². The molecule has 30 heavy (non-hydrogen) atoms. The quantitative estimate of drug-likeness (QED) is 0.353. The second-order valence-corrected chi connectivity index (χ2v) is 6.73. The molecule has 5 N–H and O–H groups in total. The first-order chi connectivity index (χ1) is 14.7. The molecule has 0 atom stereocenters. The van der Waals surface area contributed by atoms with E-state index in [4.69, 9.17) is 5.73 Å². The highest BCUT2D eigenvalue weighted by Gasteiger charge is 2.14. The molecule has 4 rings (SSSR count). The van der Waals surface area contributed by atoms with Crippen molar-refractivity contribution >= 4 is 34.6 Å². The highest BCUT2D eigenvalue weighted by atomic mass is 16.3. The SMILES string of the molecule is CCc1ccccc1Nc1nc(N)nc(Cn2c(NCCO)nc3ccccc32)n1. The predicted molar refractivity (Wildman–Crippen MR) is 118 cm³/mol. The van der Waals surface area contributed by atoms with E-state index in [9.17, 15) is 5.11 Å². The molecule has 0 saturated heterocycles. The maximum absolute atomic E-state index is 9.18. The van der Waals surface area contributed by atoms with Gasteiger partial charge in [-0.3, -0.25) is 0 Å². The van der Waals surface area contributed by atoms with E-state index in [0.29, 0.717) is 30.8 Å². The third-order valence-corrected chi connectivity index (χ3v) is 4.69. The first-order valence-electron chi connectivity index (χ1n) is 9.83. The van der Waals surface area contributed by atoms with Gasteiger partial charge in [-0.05, 0) is 30.2 Å². The van der Waals surface area contributed by atoms with Gasteiger partial charge in [0, 0.05) is 12.2 Å². The molecule has 4 aromatic rings. The third-order valence-electron chi connectivity index (χ3n) is 4.69. The van der Waals surface area contributed by atoms with E-state index in [1.54, 1.807) is 0 Å². The van der Waals surface area contributed by atoms with E-state index < -0.39 is 0 Å². The number of para-hydroxylation sites is 3. The fourth-order valence-electron chi connectivity index (χ4n) is 3.32. The molecule has 2 aromatic heterocycles. The summed E-state index contributed by atoms with van der Waals surface area (Å²) < 4.78 is 1.96. The summed E-state index contributed by atoms with van der Waals surface area (Å²) in [6.07, 6.45) is 0.886. The molecule has 0 amide bonds. The Balaban J connectivity index is 1.67. The van der Waals surface area contributed by atoms with Crippen LogP contribution in [0.5, 0.6) is 0 Å². The minimum absolute atomic E-state index is 0.00676. The van der Waals surface area contributed by atoms with E-state index in [1.165, 1.54) is 0 Å². The van der Waals surface area contributed by atoms with Crippen LogP contribution in [0.2, 0.25) is 0 Å². The van der Waals surface area contributed by atoms with E-state index >= 15 is 0 Å². The van der Waals surface area contributed by atoms with Crippen molar-refractivity contribution in [1.29, 1.82) is 0 Å². The lowest BCUT2D eigenvalue weighted by atomic mass is 10.1. The normalized spacial score (nSPS) is 11.0. The first-order valence-corrected chi connectivity index (χ1v) is 9.83. The summed E-state index contributed by atoms with van der Waals surface area (Å²) in [6.45, 7) is 2.85. The van der Waals surface area contributed by atoms with Crippen molar-refractivity contribution in [1.82, 2.24) is 24.5 Å². The number of aliphatic hydroxyl groups excluding tert-OH is 1. The highest BCUT2D eigenvalue weighted by molar-refractivity contribution is 5.78. The minimum Gasteiger partial charge on any atom is -0.395 e. The summed E-state index contributed by atoms with van der Waals surface area (Å²) in [5, 5.41) is 15.6. The van der Waals surface area contributed by atoms with Gasteiger partial charge in [-0.15, -0.1) is 0 Å². The average molecular weight is 404 g/mol. The van der Waals surface area contributed by atoms with Crippen molar-refractivity contribution < 1.29 is 5.11 Å². The van der Waals surface area contributed by atoms with Crippen LogP contribution in [0.25, 0.3) is 11.0 Å². The Kier molecular flexibility index (Phi) is 5.71. The number of hydrogen-bond acceptors (Lipinski definition) is 8. The summed E-state index contributed by atoms with van der Waals surface area (Å²) in [5.41, 5.74) is 9.84. The lowest BCUT2D eigenvalue weighted by Crippen LogP contribution is -2.14. The standard InChI is InChI=1S/C21H24N8O/c1-2-14-7-3-4-8-15(14)24-20-27-18(26-19(22)28-20)13-29-17-10-6-5-9-16(17)25-21(29)23-11-12-30/h3-10,30H,2,11-13H2,1H3,(H,23,25)(H3,22,24,26,27,28). The van der Waals surface area contributed by atoms with Gasteiger partial charge >= 0.3 is 0 Å². The summed E-state index contributed by atoms with van der Waals surface area (Å²) >= 11 is 0. The zero-order chi connectivity index (χ0) is 20.9. The Hall–Kier alpha value is -3.72. The fraction of sp³-hybridized carbons (Fsp3) is 0.238. The van der Waals surface area contributed by atoms with Crippen LogP contribution in [0, 0.1) is 0 Å². The Labute approximate surface area is 174 Å². The molecule has 0 bridgehead atoms. The maximum Gasteiger partial charge on any atom is 0.232 e. The number of aliphatic hydroxyl groups is 1. The van der Waals surface area contributed by atoms with Gasteiger partial charge in [0.2, 0.25) is 17.8 Å². The molecule has 9 nitrogen and oxygen atoms in total. The first kappa shape index (κ1) is 19.6. The molecule has 0 aliphatic heterocycles. The second-order valence-electron chi connectivity index (χ2n) is 6.73. The molecule has 0 unspecified atom stereocenters. The topological polar surface area (TPSA) is 127 Å². The van der Waals surface area contributed by atoms with E-state index in [0.717, 1.165) is 28.7 Å². The smallest absolute Gasteiger partial charge is 0.232 e. The van der Waals surface area contributed by atoms with E-state index in [2.05, 4.69) is 43.6 Å². The molecule has 0 spiro atoms. The lowest BCUT2D eigenvalue weighted by Gasteiger charge is -2.12. The number of nitrogens with zero attached hydrogens (tertiary/aromatic N) is 5. The Morgan fingerprint density at radius 1 is 1.00 bits per heavy atom. The molecule has 0 fully saturated rings. The van der Waals surface area contributed by atoms with Gasteiger partial charge in [0.05, 0.1) is 24.2 Å². The highest BCUT2D eigenvalue weighted by Crippen LogP contribution is 2.22. The van der Waals surface area contributed by atoms with Crippen LogP contribution in [0.1, 0.15) is 18.3 Å². The number of rotatable bonds is 8. The van der Waals surface area contributed by atoms with Crippen LogP contribution >= 0.6 is 0 Å². The number of anilines is 4. The summed E-state index contributed by atoms with van der Waals surface area (Å²) in [5.74, 6) is 1.68. The van der Waals surface area contributed by atoms with Crippen molar-refractivity contribution in [2.75, 3.05) is 29.5 Å². The summed E-state index contributed by atoms with van der Waals surface area (Å²) in [7, 11) is 0. The zero-order valence-corrected chi connectivity index (χ0v) is 16.7. The third kappa shape index (κ3) is 4.15. The van der Waals surface area contributed by atoms with Crippen molar-refractivity contribution in [2.24, 2.45) is 0 Å². The number of fused-ring (bicyclic) bond motifs is 1. The zero-order valence-electron chi connectivity index (χ0n) is 16.7. The van der Waals surface area contributed by atoms with Crippen molar-refractivity contribution in [3.05, 3.63) is 59.9 Å². The summed E-state index contributed by atoms with van der Waals surface area (Å²) in [4.78, 5) is 17.7. The number of benzene rings is 2. The molecular formula is C21H24N8O. The number of nitrogen functional groups attached to an aromatic ring is 1. The molecular weight excluding hydrogens is 380 g/mol. The van der Waals surface area contributed by atoms with Crippen molar-refractivity contribution in [2.45, 2.75) is 19.9 Å². The Morgan fingerprint density at radius 2 is 1.80 bits per heavy atom. The van der Waals surface area contributed by atoms with Gasteiger partial charge in [0.15, 0.2) is 5.82 Å². The molecule has 2 aromatic carbocycles. The van der Waals surface area contributed by atoms with Crippen molar-refractivity contribution in [3.8, 4) is 0 Å². The van der Waals surface area contributed by atoms with Crippen LogP contribution in [-0.2, 0) is 13.0 Å². The average Bonchev–Trinajstić information content (AvgIpc) is 3.09. The predicted octanol–water partition coefficient (Wildman–Crippen LogP) is 2.56. The van der Waals surface area contributed by atoms with Gasteiger partial charge in [0.1, 0.15) is 0 Å². The molecule has 2 heterocycles. The van der Waals surface area contributed by atoms with Crippen LogP contribution in [-0.4, -0.2) is 42.8 Å². The Bertz CT molecular complexity index is 1160. The van der Waals surface area contributed by atoms with Gasteiger partial charge in [-0.25, -0.2) is 4.98 Å². The fourth-order valence-corrected chi connectivity index (χ4v) is 3.32. The van der Waals surface area contributed by atoms with Crippen LogP contribution in [0.4, 0.5) is 23.5 Å². The number of nitrogens with two attached hydrogens (primary N) is 1. The number of hydrogen-bond donors (Lipinski definition) is 4. The van der Waals surface area contributed by atoms with E-state index in [1.807, 2.05) is 47.0 Å². The minimum atomic E-state index is 0.00676. The van der Waals surface area contributed by atoms with Gasteiger partial charge < -0.3 is 26.0 Å². The molecule has 0 radical (unpaired) electrons. The van der Waals surface area contributed by atoms with Gasteiger partial charge in [-0.2, -0.15) is 15.0 Å². The largest absolute Gasteiger partial charge is 0.395 e. The van der Waals surface area contributed by atoms with Crippen molar-refractivity contribution in [3.63, 3.8) is 0 Å². The molecule has 0 saturated carbocycles. The number of imidazole rings is 1. The monoisotopic (exact) mass is 404 g/mol. The number of nitrogens with one attached hydrogen (secondary N) is 2. The molecule has 9 heteroatoms. The second kappa shape index (κ2) is 8.75. The number of aryl methyl sites for hydroxylation is 1. The lowest BCUT2D eigenvalue weighted by molar-refractivity contribution is 0.310. The molecule has 154 valence electrons. The maximum atomic E-state index is 9.18. The number of aromatic nitrogens is 5. The molecule has 0 aliphatic rings. The Morgan fingerprint density at radius 3 is 2.63 bits per heavy atom. The van der Waals surface area contributed by atoms with Gasteiger partial charge in [-0.1, -0.05) is 37.3 Å². The van der Waals surface area contributed by atoms with E-state index in [-0.39, 0.29) is 12.6 Å². The van der Waals surface area contributed by atoms with Crippen LogP contribution in [0.3, 0.4) is 0 Å².